The maximum atomic E-state index is 13.3. The Morgan fingerprint density at radius 1 is 0.625 bits per heavy atom. The van der Waals surface area contributed by atoms with Gasteiger partial charge in [-0.15, -0.1) is 0 Å². The van der Waals surface area contributed by atoms with Gasteiger partial charge >= 0.3 is 12.2 Å². The first-order chi connectivity index (χ1) is 31.3. The van der Waals surface area contributed by atoms with Crippen LogP contribution in [0.4, 0.5) is 15.4 Å². The normalized spacial score (nSPS) is 34.3. The highest BCUT2D eigenvalue weighted by molar-refractivity contribution is 5.69. The molecule has 8 aliphatic carbocycles. The van der Waals surface area contributed by atoms with Crippen LogP contribution < -0.4 is 10.2 Å². The lowest BCUT2D eigenvalue weighted by Crippen LogP contribution is -2.55. The number of piperidine rings is 2. The van der Waals surface area contributed by atoms with Gasteiger partial charge in [0.2, 0.25) is 0 Å². The third-order valence-electron chi connectivity index (χ3n) is 18.7. The number of pyridine rings is 1. The summed E-state index contributed by atoms with van der Waals surface area (Å²) < 4.78 is 12.4. The third-order valence-corrected chi connectivity index (χ3v) is 18.7. The molecular formula is C54H66N6O4. The fraction of sp³-hybridized carbons (Fsp3) is 0.630. The first-order valence-electron chi connectivity index (χ1n) is 25.2. The number of amides is 2. The Kier molecular flexibility index (Phi) is 10.4. The number of hydrogen-bond donors (Lipinski definition) is 1. The summed E-state index contributed by atoms with van der Waals surface area (Å²) in [4.78, 5) is 37.2. The average molecular weight is 863 g/mol. The summed E-state index contributed by atoms with van der Waals surface area (Å²) in [6.45, 7) is 6.80. The van der Waals surface area contributed by atoms with Crippen LogP contribution in [0.2, 0.25) is 0 Å². The molecule has 3 aromatic rings. The molecule has 10 heteroatoms. The Morgan fingerprint density at radius 2 is 1.11 bits per heavy atom. The molecule has 2 aromatic carbocycles. The molecule has 0 radical (unpaired) electrons. The lowest BCUT2D eigenvalue weighted by molar-refractivity contribution is -0.103. The van der Waals surface area contributed by atoms with Crippen LogP contribution in [-0.2, 0) is 33.4 Å². The quantitative estimate of drug-likeness (QED) is 0.278. The highest BCUT2D eigenvalue weighted by Crippen LogP contribution is 2.56. The maximum Gasteiger partial charge on any atom is 0.410 e. The summed E-state index contributed by atoms with van der Waals surface area (Å²) >= 11 is 0. The van der Waals surface area contributed by atoms with Gasteiger partial charge in [0.15, 0.2) is 0 Å². The molecule has 8 bridgehead atoms. The molecule has 8 saturated carbocycles. The minimum absolute atomic E-state index is 0.0101. The van der Waals surface area contributed by atoms with E-state index < -0.39 is 0 Å². The van der Waals surface area contributed by atoms with Crippen LogP contribution in [0.3, 0.4) is 0 Å². The fourth-order valence-corrected chi connectivity index (χ4v) is 16.0. The lowest BCUT2D eigenvalue weighted by atomic mass is 9.55. The van der Waals surface area contributed by atoms with Crippen LogP contribution >= 0.6 is 0 Å². The van der Waals surface area contributed by atoms with E-state index in [2.05, 4.69) is 69.8 Å². The molecule has 2 saturated heterocycles. The van der Waals surface area contributed by atoms with Crippen LogP contribution in [0.1, 0.15) is 118 Å². The zero-order chi connectivity index (χ0) is 43.0. The van der Waals surface area contributed by atoms with Gasteiger partial charge in [-0.1, -0.05) is 48.5 Å². The Bertz CT molecular complexity index is 2220. The molecular weight excluding hydrogens is 797 g/mol. The predicted molar refractivity (Wildman–Crippen MR) is 244 cm³/mol. The van der Waals surface area contributed by atoms with Crippen LogP contribution in [0, 0.1) is 58.7 Å². The minimum Gasteiger partial charge on any atom is -0.446 e. The Hall–Kier alpha value is -4.62. The molecule has 10 fully saturated rings. The van der Waals surface area contributed by atoms with E-state index in [9.17, 15) is 9.59 Å². The van der Waals surface area contributed by atoms with Crippen LogP contribution in [0.25, 0.3) is 0 Å². The molecule has 64 heavy (non-hydrogen) atoms. The number of likely N-dealkylation sites (tertiary alicyclic amines) is 2. The molecule has 336 valence electrons. The molecule has 1 N–H and O–H groups in total. The lowest BCUT2D eigenvalue weighted by Gasteiger charge is -2.54. The van der Waals surface area contributed by atoms with Gasteiger partial charge in [-0.25, -0.2) is 14.6 Å². The van der Waals surface area contributed by atoms with Crippen LogP contribution in [-0.4, -0.2) is 78.4 Å². The molecule has 2 amide bonds. The van der Waals surface area contributed by atoms with Crippen molar-refractivity contribution in [2.75, 3.05) is 44.2 Å². The van der Waals surface area contributed by atoms with Crippen molar-refractivity contribution in [3.63, 3.8) is 0 Å². The van der Waals surface area contributed by atoms with Gasteiger partial charge in [-0.05, 0) is 172 Å². The number of nitrogens with one attached hydrogen (secondary N) is 1. The van der Waals surface area contributed by atoms with E-state index in [-0.39, 0.29) is 35.2 Å². The van der Waals surface area contributed by atoms with E-state index in [1.165, 1.54) is 86.5 Å². The minimum atomic E-state index is -0.0861. The van der Waals surface area contributed by atoms with Crippen molar-refractivity contribution in [3.05, 3.63) is 94.7 Å². The number of hydrogen-bond acceptors (Lipinski definition) is 8. The number of carbonyl (C=O) groups excluding carboxylic acids is 2. The van der Waals surface area contributed by atoms with Crippen molar-refractivity contribution < 1.29 is 19.1 Å². The number of ether oxygens (including phenoxy) is 2. The molecule has 0 unspecified atom stereocenters. The van der Waals surface area contributed by atoms with Crippen molar-refractivity contribution in [3.8, 4) is 6.07 Å². The van der Waals surface area contributed by atoms with Gasteiger partial charge in [0.25, 0.3) is 0 Å². The second kappa shape index (κ2) is 16.4. The Balaban J connectivity index is 0.000000139. The highest BCUT2D eigenvalue weighted by atomic mass is 16.6. The molecule has 2 spiro atoms. The number of nitrogens with zero attached hydrogens (tertiary/aromatic N) is 5. The zero-order valence-corrected chi connectivity index (χ0v) is 37.5. The topological polar surface area (TPSA) is 111 Å². The van der Waals surface area contributed by atoms with E-state index >= 15 is 0 Å². The summed E-state index contributed by atoms with van der Waals surface area (Å²) in [5, 5.41) is 12.8. The molecule has 12 aliphatic rings. The standard InChI is InChI=1S/C30H34N4O2.C24H32N2O2/c31-16-20-5-6-27(32-17-20)34-18-23-3-1-2-4-26(23)30(19-34)7-9-33(10-8-30)29(35)36-28-24-12-21-11-22(14-24)15-25(28)13-21;27-23(28-22-19-10-16-9-17(12-19)13-20(22)11-16)26-7-5-24(6-8-26)15-25-14-18-3-1-2-4-21(18)24/h1-6,17,21-22,24-25,28H,7-15,18-19H2;1-4,16-17,19-20,22,25H,5-15H2. The number of aromatic nitrogens is 1. The fourth-order valence-electron chi connectivity index (χ4n) is 16.0. The Morgan fingerprint density at radius 3 is 1.61 bits per heavy atom. The van der Waals surface area contributed by atoms with Crippen molar-refractivity contribution in [1.29, 1.82) is 5.26 Å². The van der Waals surface area contributed by atoms with Crippen LogP contribution in [0.5, 0.6) is 0 Å². The number of nitriles is 1. The second-order valence-corrected chi connectivity index (χ2v) is 22.4. The summed E-state index contributed by atoms with van der Waals surface area (Å²) in [6, 6.07) is 23.6. The number of rotatable bonds is 3. The van der Waals surface area contributed by atoms with Gasteiger partial charge in [-0.2, -0.15) is 5.26 Å². The third kappa shape index (κ3) is 7.36. The summed E-state index contributed by atoms with van der Waals surface area (Å²) in [6.07, 6.45) is 18.9. The molecule has 4 aliphatic heterocycles. The number of benzene rings is 2. The van der Waals surface area contributed by atoms with Gasteiger partial charge in [-0.3, -0.25) is 0 Å². The van der Waals surface area contributed by atoms with Crippen LogP contribution in [0.15, 0.2) is 66.9 Å². The van der Waals surface area contributed by atoms with E-state index in [0.29, 0.717) is 29.2 Å². The zero-order valence-electron chi connectivity index (χ0n) is 37.5. The average Bonchev–Trinajstić information content (AvgIpc) is 3.32. The number of fused-ring (bicyclic) bond motifs is 4. The van der Waals surface area contributed by atoms with Crippen molar-refractivity contribution in [1.82, 2.24) is 20.1 Å². The first-order valence-corrected chi connectivity index (χ1v) is 25.2. The number of anilines is 1. The SMILES string of the molecule is N#Cc1ccc(N2Cc3ccccc3C3(CCN(C(=O)OC4C5CC6CC(C5)CC4C6)CC3)C2)nc1.O=C(OC1C2CC3CC(C2)CC1C3)N1CCC2(CC1)CNCc1ccccc12. The van der Waals surface area contributed by atoms with Crippen molar-refractivity contribution >= 4 is 18.0 Å². The molecule has 5 heterocycles. The number of carbonyl (C=O) groups is 2. The second-order valence-electron chi connectivity index (χ2n) is 22.4. The van der Waals surface area contributed by atoms with Gasteiger partial charge in [0.05, 0.1) is 5.56 Å². The van der Waals surface area contributed by atoms with Gasteiger partial charge in [0.1, 0.15) is 24.1 Å². The summed E-state index contributed by atoms with van der Waals surface area (Å²) in [7, 11) is 0. The van der Waals surface area contributed by atoms with Gasteiger partial charge < -0.3 is 29.5 Å². The van der Waals surface area contributed by atoms with Crippen molar-refractivity contribution in [2.24, 2.45) is 47.3 Å². The molecule has 1 aromatic heterocycles. The first kappa shape index (κ1) is 40.9. The summed E-state index contributed by atoms with van der Waals surface area (Å²) in [5.41, 5.74) is 6.44. The Labute approximate surface area is 379 Å². The van der Waals surface area contributed by atoms with E-state index in [1.54, 1.807) is 6.20 Å². The molecule has 15 rings (SSSR count). The van der Waals surface area contributed by atoms with E-state index in [1.807, 2.05) is 21.9 Å². The molecule has 0 atom stereocenters. The van der Waals surface area contributed by atoms with E-state index in [0.717, 1.165) is 108 Å². The van der Waals surface area contributed by atoms with Crippen molar-refractivity contribution in [2.45, 2.75) is 126 Å². The van der Waals surface area contributed by atoms with Gasteiger partial charge in [0, 0.05) is 69.4 Å². The maximum absolute atomic E-state index is 13.3. The largest absolute Gasteiger partial charge is 0.446 e. The highest BCUT2D eigenvalue weighted by Gasteiger charge is 2.52. The smallest absolute Gasteiger partial charge is 0.410 e. The van der Waals surface area contributed by atoms with E-state index in [4.69, 9.17) is 14.7 Å². The predicted octanol–water partition coefficient (Wildman–Crippen LogP) is 9.35. The molecule has 10 nitrogen and oxygen atoms in total. The summed E-state index contributed by atoms with van der Waals surface area (Å²) in [5.74, 6) is 7.01. The monoisotopic (exact) mass is 863 g/mol.